The highest BCUT2D eigenvalue weighted by molar-refractivity contribution is 8.15. The Bertz CT molecular complexity index is 1760. The van der Waals surface area contributed by atoms with Gasteiger partial charge in [-0.1, -0.05) is 36.0 Å². The number of ether oxygens (including phenoxy) is 1. The second kappa shape index (κ2) is 13.1. The first-order valence-corrected chi connectivity index (χ1v) is 14.1. The van der Waals surface area contributed by atoms with Crippen molar-refractivity contribution in [3.63, 3.8) is 0 Å². The maximum Gasteiger partial charge on any atom is 0.411 e. The van der Waals surface area contributed by atoms with Gasteiger partial charge in [0.1, 0.15) is 18.8 Å². The van der Waals surface area contributed by atoms with Crippen LogP contribution in [0, 0.1) is 12.7 Å². The van der Waals surface area contributed by atoms with Gasteiger partial charge in [-0.25, -0.2) is 27.6 Å². The third-order valence-corrected chi connectivity index (χ3v) is 7.26. The number of nitrogens with one attached hydrogen (secondary N) is 1. The van der Waals surface area contributed by atoms with Crippen LogP contribution in [0.25, 0.3) is 17.1 Å². The lowest BCUT2D eigenvalue weighted by Crippen LogP contribution is -2.31. The first-order chi connectivity index (χ1) is 21.4. The second-order valence-electron chi connectivity index (χ2n) is 9.68. The predicted molar refractivity (Wildman–Crippen MR) is 155 cm³/mol. The van der Waals surface area contributed by atoms with Gasteiger partial charge in [-0.2, -0.15) is 18.2 Å². The third-order valence-electron chi connectivity index (χ3n) is 6.34. The Morgan fingerprint density at radius 2 is 1.87 bits per heavy atom. The number of carbonyl (C=O) groups excluding carboxylic acids is 2. The number of amidine groups is 1. The Hall–Kier alpha value is -4.70. The van der Waals surface area contributed by atoms with Gasteiger partial charge in [0.05, 0.1) is 29.4 Å². The van der Waals surface area contributed by atoms with Gasteiger partial charge in [0.15, 0.2) is 11.0 Å². The van der Waals surface area contributed by atoms with Crippen LogP contribution in [-0.2, 0) is 16.1 Å². The van der Waals surface area contributed by atoms with E-state index < -0.39 is 43.6 Å². The van der Waals surface area contributed by atoms with E-state index in [1.165, 1.54) is 53.5 Å². The minimum atomic E-state index is -4.53. The quantitative estimate of drug-likeness (QED) is 0.205. The van der Waals surface area contributed by atoms with Crippen LogP contribution >= 0.6 is 11.8 Å². The highest BCUT2D eigenvalue weighted by atomic mass is 32.2. The molecule has 3 aromatic carbocycles. The number of benzene rings is 3. The number of carbonyl (C=O) groups is 2. The van der Waals surface area contributed by atoms with Crippen LogP contribution in [0.4, 0.5) is 42.5 Å². The number of aliphatic imine (C=N–C) groups is 1. The minimum Gasteiger partial charge on any atom is -0.367 e. The largest absolute Gasteiger partial charge is 0.411 e. The van der Waals surface area contributed by atoms with Gasteiger partial charge < -0.3 is 10.1 Å². The van der Waals surface area contributed by atoms with Crippen molar-refractivity contribution in [3.8, 4) is 17.1 Å². The zero-order valence-electron chi connectivity index (χ0n) is 23.2. The zero-order valence-corrected chi connectivity index (χ0v) is 24.0. The number of urea groups is 1. The monoisotopic (exact) mass is 648 g/mol. The van der Waals surface area contributed by atoms with E-state index in [0.29, 0.717) is 11.3 Å². The van der Waals surface area contributed by atoms with E-state index in [1.807, 2.05) is 0 Å². The van der Waals surface area contributed by atoms with E-state index in [-0.39, 0.29) is 44.8 Å². The van der Waals surface area contributed by atoms with Crippen molar-refractivity contribution >= 4 is 40.2 Å². The van der Waals surface area contributed by atoms with Gasteiger partial charge in [-0.3, -0.25) is 9.69 Å². The molecule has 5 rings (SSSR count). The molecule has 9 nitrogen and oxygen atoms in total. The van der Waals surface area contributed by atoms with Crippen LogP contribution in [0.1, 0.15) is 23.1 Å². The number of alkyl halides is 5. The minimum absolute atomic E-state index is 0.0477. The normalized spacial score (nSPS) is 14.5. The van der Waals surface area contributed by atoms with E-state index >= 15 is 4.39 Å². The van der Waals surface area contributed by atoms with Gasteiger partial charge in [-0.05, 0) is 48.9 Å². The lowest BCUT2D eigenvalue weighted by Gasteiger charge is -2.21. The van der Waals surface area contributed by atoms with E-state index in [1.54, 1.807) is 19.1 Å². The number of thioether (sulfide) groups is 1. The number of nitrogens with zero attached hydrogens (tertiary/aromatic N) is 5. The SMILES string of the molecule is Cc1ccc(COCC(F)(F)F)c(N2C(=O)CSC2=NC(=O)Nc2ccc(-c3ncn(-c4ccc(C(F)F)cc4)n3)cc2F)c1. The zero-order chi connectivity index (χ0) is 32.3. The predicted octanol–water partition coefficient (Wildman–Crippen LogP) is 7.07. The van der Waals surface area contributed by atoms with Crippen molar-refractivity contribution in [1.29, 1.82) is 0 Å². The summed E-state index contributed by atoms with van der Waals surface area (Å²) in [4.78, 5) is 34.7. The summed E-state index contributed by atoms with van der Waals surface area (Å²) in [6, 6.07) is 12.9. The van der Waals surface area contributed by atoms with Gasteiger partial charge in [-0.15, -0.1) is 5.10 Å². The van der Waals surface area contributed by atoms with Crippen LogP contribution in [0.5, 0.6) is 0 Å². The molecule has 2 heterocycles. The Morgan fingerprint density at radius 3 is 2.56 bits per heavy atom. The number of halogens is 6. The molecule has 0 spiro atoms. The maximum atomic E-state index is 15.0. The molecule has 0 radical (unpaired) electrons. The van der Waals surface area contributed by atoms with E-state index in [4.69, 9.17) is 4.74 Å². The van der Waals surface area contributed by atoms with Gasteiger partial charge in [0.25, 0.3) is 6.43 Å². The first kappa shape index (κ1) is 31.7. The van der Waals surface area contributed by atoms with Crippen LogP contribution < -0.4 is 10.2 Å². The number of aromatic nitrogens is 3. The van der Waals surface area contributed by atoms with Crippen molar-refractivity contribution < 1.29 is 40.7 Å². The molecular weight excluding hydrogens is 626 g/mol. The van der Waals surface area contributed by atoms with Crippen molar-refractivity contribution in [1.82, 2.24) is 14.8 Å². The molecule has 0 aliphatic carbocycles. The summed E-state index contributed by atoms with van der Waals surface area (Å²) in [6.45, 7) is -0.203. The maximum absolute atomic E-state index is 15.0. The summed E-state index contributed by atoms with van der Waals surface area (Å²) in [6.07, 6.45) is -5.81. The molecule has 0 atom stereocenters. The standard InChI is InChI=1S/C29H22F6N6O3S/c1-16-2-3-19(12-44-14-29(33,34)35)23(10-16)41-24(42)13-45-28(41)38-27(43)37-22-9-6-18(11-21(22)30)26-36-15-40(39-26)20-7-4-17(5-8-20)25(31)32/h2-11,15,25H,12-14H2,1H3,(H,37,43). The molecule has 234 valence electrons. The molecule has 1 saturated heterocycles. The van der Waals surface area contributed by atoms with Crippen LogP contribution in [-0.4, -0.2) is 50.4 Å². The Kier molecular flexibility index (Phi) is 9.24. The molecule has 0 unspecified atom stereocenters. The molecule has 1 fully saturated rings. The van der Waals surface area contributed by atoms with E-state index in [0.717, 1.165) is 22.7 Å². The summed E-state index contributed by atoms with van der Waals surface area (Å²) in [5.74, 6) is -1.24. The summed E-state index contributed by atoms with van der Waals surface area (Å²) in [5, 5.41) is 6.52. The van der Waals surface area contributed by atoms with Crippen LogP contribution in [0.15, 0.2) is 72.0 Å². The van der Waals surface area contributed by atoms with Crippen molar-refractivity contribution in [2.75, 3.05) is 22.6 Å². The van der Waals surface area contributed by atoms with Gasteiger partial charge in [0.2, 0.25) is 5.91 Å². The fraction of sp³-hybridized carbons (Fsp3) is 0.207. The number of amides is 3. The lowest BCUT2D eigenvalue weighted by molar-refractivity contribution is -0.176. The number of hydrogen-bond donors (Lipinski definition) is 1. The smallest absolute Gasteiger partial charge is 0.367 e. The molecule has 1 aliphatic rings. The average Bonchev–Trinajstić information content (AvgIpc) is 3.61. The molecule has 0 bridgehead atoms. The lowest BCUT2D eigenvalue weighted by atomic mass is 10.1. The highest BCUT2D eigenvalue weighted by Gasteiger charge is 2.33. The van der Waals surface area contributed by atoms with E-state index in [9.17, 15) is 31.5 Å². The van der Waals surface area contributed by atoms with Crippen molar-refractivity contribution in [3.05, 3.63) is 89.5 Å². The molecule has 1 N–H and O–H groups in total. The summed E-state index contributed by atoms with van der Waals surface area (Å²) in [5.41, 5.74) is 1.54. The Labute approximate surface area is 255 Å². The topological polar surface area (TPSA) is 102 Å². The summed E-state index contributed by atoms with van der Waals surface area (Å²) >= 11 is 0.936. The molecule has 1 aromatic heterocycles. The first-order valence-electron chi connectivity index (χ1n) is 13.1. The third kappa shape index (κ3) is 7.69. The summed E-state index contributed by atoms with van der Waals surface area (Å²) in [7, 11) is 0. The molecule has 3 amide bonds. The number of hydrogen-bond acceptors (Lipinski definition) is 6. The molecule has 0 saturated carbocycles. The van der Waals surface area contributed by atoms with Crippen molar-refractivity contribution in [2.45, 2.75) is 26.1 Å². The molecular formula is C29H22F6N6O3S. The van der Waals surface area contributed by atoms with Crippen molar-refractivity contribution in [2.24, 2.45) is 4.99 Å². The molecule has 16 heteroatoms. The van der Waals surface area contributed by atoms with Crippen LogP contribution in [0.3, 0.4) is 0 Å². The Morgan fingerprint density at radius 1 is 1.11 bits per heavy atom. The average molecular weight is 649 g/mol. The molecule has 4 aromatic rings. The molecule has 45 heavy (non-hydrogen) atoms. The fourth-order valence-corrected chi connectivity index (χ4v) is 5.10. The number of rotatable bonds is 8. The second-order valence-corrected chi connectivity index (χ2v) is 10.6. The molecule has 1 aliphatic heterocycles. The van der Waals surface area contributed by atoms with Gasteiger partial charge >= 0.3 is 12.2 Å². The summed E-state index contributed by atoms with van der Waals surface area (Å²) < 4.78 is 84.5. The van der Waals surface area contributed by atoms with Gasteiger partial charge in [0, 0.05) is 16.7 Å². The Balaban J connectivity index is 1.30. The fourth-order valence-electron chi connectivity index (χ4n) is 4.24. The number of aryl methyl sites for hydroxylation is 1. The number of anilines is 2. The highest BCUT2D eigenvalue weighted by Crippen LogP contribution is 2.32. The van der Waals surface area contributed by atoms with Crippen LogP contribution in [0.2, 0.25) is 0 Å². The van der Waals surface area contributed by atoms with E-state index in [2.05, 4.69) is 20.4 Å².